The molecule has 0 spiro atoms. The zero-order chi connectivity index (χ0) is 14.8. The van der Waals surface area contributed by atoms with Crippen molar-refractivity contribution >= 4 is 39.1 Å². The van der Waals surface area contributed by atoms with Gasteiger partial charge in [0.25, 0.3) is 0 Å². The van der Waals surface area contributed by atoms with Crippen LogP contribution >= 0.6 is 23.2 Å². The number of amides is 1. The van der Waals surface area contributed by atoms with Crippen molar-refractivity contribution in [2.75, 3.05) is 13.1 Å². The molecule has 1 aromatic carbocycles. The smallest absolute Gasteiger partial charge is 0.242 e. The summed E-state index contributed by atoms with van der Waals surface area (Å²) in [6.07, 6.45) is 1.82. The van der Waals surface area contributed by atoms with Gasteiger partial charge in [0.15, 0.2) is 0 Å². The molecule has 0 aliphatic heterocycles. The number of sulfonamides is 1. The van der Waals surface area contributed by atoms with Crippen molar-refractivity contribution in [3.05, 3.63) is 28.2 Å². The van der Waals surface area contributed by atoms with Crippen LogP contribution in [0.1, 0.15) is 12.8 Å². The molecule has 2 rings (SSSR count). The first-order valence-corrected chi connectivity index (χ1v) is 8.36. The zero-order valence-corrected chi connectivity index (χ0v) is 12.9. The normalized spacial score (nSPS) is 15.1. The molecule has 5 nitrogen and oxygen atoms in total. The fourth-order valence-electron chi connectivity index (χ4n) is 1.62. The Morgan fingerprint density at radius 3 is 2.60 bits per heavy atom. The lowest BCUT2D eigenvalue weighted by molar-refractivity contribution is -0.122. The average molecular weight is 337 g/mol. The minimum absolute atomic E-state index is 0.0232. The highest BCUT2D eigenvalue weighted by Crippen LogP contribution is 2.28. The van der Waals surface area contributed by atoms with Crippen molar-refractivity contribution in [1.82, 2.24) is 10.0 Å². The summed E-state index contributed by atoms with van der Waals surface area (Å²) < 4.78 is 26.4. The standard InChI is InChI=1S/C12H14Cl2N2O3S/c13-9-3-4-10(14)11(7-9)20(18,19)16-6-5-15-12(17)8-1-2-8/h3-4,7-8,16H,1-2,5-6H2,(H,15,17). The first-order chi connectivity index (χ1) is 9.40. The lowest BCUT2D eigenvalue weighted by atomic mass is 10.4. The lowest BCUT2D eigenvalue weighted by Crippen LogP contribution is -2.35. The van der Waals surface area contributed by atoms with Gasteiger partial charge in [-0.25, -0.2) is 13.1 Å². The quantitative estimate of drug-likeness (QED) is 0.777. The third-order valence-electron chi connectivity index (χ3n) is 2.85. The van der Waals surface area contributed by atoms with Crippen LogP contribution < -0.4 is 10.0 Å². The van der Waals surface area contributed by atoms with Gasteiger partial charge in [-0.15, -0.1) is 0 Å². The molecule has 1 aliphatic carbocycles. The van der Waals surface area contributed by atoms with E-state index in [1.807, 2.05) is 0 Å². The maximum absolute atomic E-state index is 12.0. The Labute approximate surface area is 127 Å². The van der Waals surface area contributed by atoms with Crippen LogP contribution in [0, 0.1) is 5.92 Å². The van der Waals surface area contributed by atoms with E-state index >= 15 is 0 Å². The van der Waals surface area contributed by atoms with E-state index in [2.05, 4.69) is 10.0 Å². The molecular formula is C12H14Cl2N2O3S. The van der Waals surface area contributed by atoms with Crippen molar-refractivity contribution in [2.45, 2.75) is 17.7 Å². The number of carbonyl (C=O) groups excluding carboxylic acids is 1. The third-order valence-corrected chi connectivity index (χ3v) is 5.02. The summed E-state index contributed by atoms with van der Waals surface area (Å²) in [4.78, 5) is 11.3. The molecule has 1 aromatic rings. The Morgan fingerprint density at radius 2 is 1.95 bits per heavy atom. The third kappa shape index (κ3) is 4.09. The summed E-state index contributed by atoms with van der Waals surface area (Å²) in [7, 11) is -3.73. The molecule has 0 unspecified atom stereocenters. The molecule has 1 amide bonds. The molecule has 1 fully saturated rings. The van der Waals surface area contributed by atoms with Crippen molar-refractivity contribution in [2.24, 2.45) is 5.92 Å². The zero-order valence-electron chi connectivity index (χ0n) is 10.5. The highest BCUT2D eigenvalue weighted by atomic mass is 35.5. The first-order valence-electron chi connectivity index (χ1n) is 6.12. The van der Waals surface area contributed by atoms with Crippen LogP contribution in [0.2, 0.25) is 10.0 Å². The highest BCUT2D eigenvalue weighted by Gasteiger charge is 2.29. The van der Waals surface area contributed by atoms with Gasteiger partial charge in [0.05, 0.1) is 5.02 Å². The molecule has 1 aliphatic rings. The highest BCUT2D eigenvalue weighted by molar-refractivity contribution is 7.89. The molecule has 1 saturated carbocycles. The van der Waals surface area contributed by atoms with Gasteiger partial charge < -0.3 is 5.32 Å². The topological polar surface area (TPSA) is 75.3 Å². The predicted octanol–water partition coefficient (Wildman–Crippen LogP) is 1.80. The van der Waals surface area contributed by atoms with Crippen LogP contribution in [0.4, 0.5) is 0 Å². The Kier molecular flexibility index (Phi) is 4.90. The molecule has 0 atom stereocenters. The number of halogens is 2. The average Bonchev–Trinajstić information content (AvgIpc) is 3.21. The number of nitrogens with one attached hydrogen (secondary N) is 2. The number of benzene rings is 1. The van der Waals surface area contributed by atoms with Crippen LogP contribution in [0.15, 0.2) is 23.1 Å². The Bertz CT molecular complexity index is 615. The minimum Gasteiger partial charge on any atom is -0.355 e. The van der Waals surface area contributed by atoms with E-state index in [-0.39, 0.29) is 39.9 Å². The van der Waals surface area contributed by atoms with E-state index in [0.29, 0.717) is 0 Å². The summed E-state index contributed by atoms with van der Waals surface area (Å²) in [5, 5.41) is 3.06. The summed E-state index contributed by atoms with van der Waals surface area (Å²) >= 11 is 11.6. The van der Waals surface area contributed by atoms with E-state index in [1.165, 1.54) is 18.2 Å². The van der Waals surface area contributed by atoms with Crippen LogP contribution in [0.25, 0.3) is 0 Å². The fraction of sp³-hybridized carbons (Fsp3) is 0.417. The maximum Gasteiger partial charge on any atom is 0.242 e. The van der Waals surface area contributed by atoms with Gasteiger partial charge in [0.2, 0.25) is 15.9 Å². The maximum atomic E-state index is 12.0. The minimum atomic E-state index is -3.73. The van der Waals surface area contributed by atoms with Gasteiger partial charge in [0.1, 0.15) is 4.90 Å². The van der Waals surface area contributed by atoms with Gasteiger partial charge >= 0.3 is 0 Å². The van der Waals surface area contributed by atoms with Crippen LogP contribution in [-0.4, -0.2) is 27.4 Å². The molecule has 0 radical (unpaired) electrons. The second kappa shape index (κ2) is 6.30. The molecule has 0 saturated heterocycles. The summed E-state index contributed by atoms with van der Waals surface area (Å²) in [5.41, 5.74) is 0. The molecule has 20 heavy (non-hydrogen) atoms. The number of rotatable bonds is 6. The Hall–Kier alpha value is -0.820. The molecule has 0 bridgehead atoms. The number of carbonyl (C=O) groups is 1. The molecule has 8 heteroatoms. The van der Waals surface area contributed by atoms with Crippen molar-refractivity contribution in [3.63, 3.8) is 0 Å². The molecular weight excluding hydrogens is 323 g/mol. The Morgan fingerprint density at radius 1 is 1.25 bits per heavy atom. The fourth-order valence-corrected chi connectivity index (χ4v) is 3.41. The molecule has 0 aromatic heterocycles. The van der Waals surface area contributed by atoms with E-state index < -0.39 is 10.0 Å². The SMILES string of the molecule is O=C(NCCNS(=O)(=O)c1cc(Cl)ccc1Cl)C1CC1. The Balaban J connectivity index is 1.90. The van der Waals surface area contributed by atoms with E-state index in [4.69, 9.17) is 23.2 Å². The summed E-state index contributed by atoms with van der Waals surface area (Å²) in [5.74, 6) is 0.0824. The van der Waals surface area contributed by atoms with E-state index in [9.17, 15) is 13.2 Å². The van der Waals surface area contributed by atoms with Gasteiger partial charge in [-0.1, -0.05) is 23.2 Å². The monoisotopic (exact) mass is 336 g/mol. The lowest BCUT2D eigenvalue weighted by Gasteiger charge is -2.09. The largest absolute Gasteiger partial charge is 0.355 e. The molecule has 0 heterocycles. The van der Waals surface area contributed by atoms with E-state index in [0.717, 1.165) is 12.8 Å². The molecule has 110 valence electrons. The van der Waals surface area contributed by atoms with E-state index in [1.54, 1.807) is 0 Å². The van der Waals surface area contributed by atoms with Crippen LogP contribution in [0.5, 0.6) is 0 Å². The van der Waals surface area contributed by atoms with Gasteiger partial charge in [0, 0.05) is 24.0 Å². The van der Waals surface area contributed by atoms with Crippen LogP contribution in [0.3, 0.4) is 0 Å². The second-order valence-corrected chi connectivity index (χ2v) is 7.12. The van der Waals surface area contributed by atoms with Gasteiger partial charge in [-0.3, -0.25) is 4.79 Å². The van der Waals surface area contributed by atoms with Crippen molar-refractivity contribution < 1.29 is 13.2 Å². The molecule has 2 N–H and O–H groups in total. The summed E-state index contributed by atoms with van der Waals surface area (Å²) in [6, 6.07) is 4.22. The van der Waals surface area contributed by atoms with Crippen LogP contribution in [-0.2, 0) is 14.8 Å². The van der Waals surface area contributed by atoms with Crippen molar-refractivity contribution in [1.29, 1.82) is 0 Å². The van der Waals surface area contributed by atoms with Gasteiger partial charge in [-0.2, -0.15) is 0 Å². The predicted molar refractivity (Wildman–Crippen MR) is 77.4 cm³/mol. The number of hydrogen-bond donors (Lipinski definition) is 2. The van der Waals surface area contributed by atoms with Gasteiger partial charge in [-0.05, 0) is 31.0 Å². The second-order valence-electron chi connectivity index (χ2n) is 4.54. The summed E-state index contributed by atoms with van der Waals surface area (Å²) in [6.45, 7) is 0.344. The first kappa shape index (κ1) is 15.6. The number of hydrogen-bond acceptors (Lipinski definition) is 3. The van der Waals surface area contributed by atoms with Crippen molar-refractivity contribution in [3.8, 4) is 0 Å².